The van der Waals surface area contributed by atoms with E-state index < -0.39 is 0 Å². The molecule has 1 atom stereocenters. The third-order valence-corrected chi connectivity index (χ3v) is 4.34. The topological polar surface area (TPSA) is 67.3 Å². The number of thiophene rings is 1. The van der Waals surface area contributed by atoms with E-state index >= 15 is 0 Å². The maximum Gasteiger partial charge on any atom is 0.317 e. The SMILES string of the molecule is Cc1nccc(O[C@H]2CCN(C(=O)NCc3cccs3)C2)n1. The molecule has 3 rings (SSSR count). The van der Waals surface area contributed by atoms with Gasteiger partial charge in [-0.15, -0.1) is 11.3 Å². The van der Waals surface area contributed by atoms with Gasteiger partial charge in [0.1, 0.15) is 11.9 Å². The van der Waals surface area contributed by atoms with E-state index in [9.17, 15) is 4.79 Å². The van der Waals surface area contributed by atoms with Crippen LogP contribution in [0.4, 0.5) is 4.79 Å². The van der Waals surface area contributed by atoms with Gasteiger partial charge in [-0.25, -0.2) is 9.78 Å². The van der Waals surface area contributed by atoms with Crippen LogP contribution in [0.2, 0.25) is 0 Å². The summed E-state index contributed by atoms with van der Waals surface area (Å²) in [7, 11) is 0. The van der Waals surface area contributed by atoms with Crippen molar-refractivity contribution in [2.24, 2.45) is 0 Å². The first-order valence-electron chi connectivity index (χ1n) is 7.22. The largest absolute Gasteiger partial charge is 0.472 e. The molecule has 1 aliphatic rings. The van der Waals surface area contributed by atoms with Crippen molar-refractivity contribution in [2.45, 2.75) is 26.0 Å². The highest BCUT2D eigenvalue weighted by Crippen LogP contribution is 2.16. The zero-order chi connectivity index (χ0) is 15.4. The number of carbonyl (C=O) groups is 1. The molecule has 0 unspecified atom stereocenters. The van der Waals surface area contributed by atoms with E-state index in [1.807, 2.05) is 24.4 Å². The van der Waals surface area contributed by atoms with Crippen molar-refractivity contribution in [2.75, 3.05) is 13.1 Å². The number of aromatic nitrogens is 2. The van der Waals surface area contributed by atoms with Crippen LogP contribution < -0.4 is 10.1 Å². The number of hydrogen-bond donors (Lipinski definition) is 1. The molecular formula is C15H18N4O2S. The van der Waals surface area contributed by atoms with Gasteiger partial charge in [-0.2, -0.15) is 4.98 Å². The molecular weight excluding hydrogens is 300 g/mol. The molecule has 116 valence electrons. The van der Waals surface area contributed by atoms with Crippen molar-refractivity contribution in [3.05, 3.63) is 40.5 Å². The number of likely N-dealkylation sites (tertiary alicyclic amines) is 1. The molecule has 1 fully saturated rings. The van der Waals surface area contributed by atoms with Crippen molar-refractivity contribution in [3.8, 4) is 5.88 Å². The number of urea groups is 1. The molecule has 22 heavy (non-hydrogen) atoms. The van der Waals surface area contributed by atoms with Gasteiger partial charge in [-0.3, -0.25) is 0 Å². The predicted molar refractivity (Wildman–Crippen MR) is 83.9 cm³/mol. The van der Waals surface area contributed by atoms with Crippen molar-refractivity contribution in [1.82, 2.24) is 20.2 Å². The third-order valence-electron chi connectivity index (χ3n) is 3.46. The maximum absolute atomic E-state index is 12.1. The molecule has 0 bridgehead atoms. The van der Waals surface area contributed by atoms with Crippen LogP contribution in [-0.4, -0.2) is 40.1 Å². The molecule has 3 heterocycles. The molecule has 7 heteroatoms. The Morgan fingerprint density at radius 1 is 1.55 bits per heavy atom. The van der Waals surface area contributed by atoms with Crippen LogP contribution in [0, 0.1) is 6.92 Å². The second-order valence-corrected chi connectivity index (χ2v) is 6.19. The fourth-order valence-corrected chi connectivity index (χ4v) is 3.01. The Morgan fingerprint density at radius 2 is 2.45 bits per heavy atom. The van der Waals surface area contributed by atoms with Crippen LogP contribution in [-0.2, 0) is 6.54 Å². The first-order chi connectivity index (χ1) is 10.7. The van der Waals surface area contributed by atoms with Gasteiger partial charge in [0, 0.05) is 30.1 Å². The Kier molecular flexibility index (Phi) is 4.53. The minimum absolute atomic E-state index is 0.0122. The van der Waals surface area contributed by atoms with Gasteiger partial charge in [0.25, 0.3) is 0 Å². The van der Waals surface area contributed by atoms with Crippen LogP contribution >= 0.6 is 11.3 Å². The number of amides is 2. The van der Waals surface area contributed by atoms with Gasteiger partial charge in [0.15, 0.2) is 0 Å². The van der Waals surface area contributed by atoms with Crippen LogP contribution in [0.25, 0.3) is 0 Å². The van der Waals surface area contributed by atoms with Crippen LogP contribution in [0.3, 0.4) is 0 Å². The summed E-state index contributed by atoms with van der Waals surface area (Å²) in [5, 5.41) is 4.94. The molecule has 2 aromatic heterocycles. The van der Waals surface area contributed by atoms with Crippen molar-refractivity contribution in [1.29, 1.82) is 0 Å². The number of rotatable bonds is 4. The highest BCUT2D eigenvalue weighted by atomic mass is 32.1. The van der Waals surface area contributed by atoms with Gasteiger partial charge < -0.3 is 15.0 Å². The lowest BCUT2D eigenvalue weighted by molar-refractivity contribution is 0.182. The Labute approximate surface area is 133 Å². The quantitative estimate of drug-likeness (QED) is 0.938. The minimum Gasteiger partial charge on any atom is -0.472 e. The van der Waals surface area contributed by atoms with E-state index in [0.29, 0.717) is 31.3 Å². The van der Waals surface area contributed by atoms with Gasteiger partial charge in [-0.1, -0.05) is 6.07 Å². The van der Waals surface area contributed by atoms with Gasteiger partial charge in [0.05, 0.1) is 13.1 Å². The van der Waals surface area contributed by atoms with Gasteiger partial charge in [0.2, 0.25) is 5.88 Å². The van der Waals surface area contributed by atoms with E-state index in [0.717, 1.165) is 11.3 Å². The zero-order valence-corrected chi connectivity index (χ0v) is 13.2. The molecule has 1 aliphatic heterocycles. The van der Waals surface area contributed by atoms with E-state index in [4.69, 9.17) is 4.74 Å². The first kappa shape index (κ1) is 14.8. The van der Waals surface area contributed by atoms with E-state index in [1.165, 1.54) is 0 Å². The van der Waals surface area contributed by atoms with Gasteiger partial charge in [-0.05, 0) is 18.4 Å². The summed E-state index contributed by atoms with van der Waals surface area (Å²) < 4.78 is 5.82. The summed E-state index contributed by atoms with van der Waals surface area (Å²) >= 11 is 1.64. The summed E-state index contributed by atoms with van der Waals surface area (Å²) in [5.41, 5.74) is 0. The monoisotopic (exact) mass is 318 g/mol. The molecule has 2 aromatic rings. The second kappa shape index (κ2) is 6.74. The summed E-state index contributed by atoms with van der Waals surface area (Å²) in [4.78, 5) is 23.3. The first-order valence-corrected chi connectivity index (χ1v) is 8.10. The lowest BCUT2D eigenvalue weighted by Crippen LogP contribution is -2.38. The fourth-order valence-electron chi connectivity index (χ4n) is 2.37. The lowest BCUT2D eigenvalue weighted by Gasteiger charge is -2.17. The van der Waals surface area contributed by atoms with E-state index in [-0.39, 0.29) is 12.1 Å². The van der Waals surface area contributed by atoms with E-state index in [1.54, 1.807) is 28.5 Å². The van der Waals surface area contributed by atoms with Gasteiger partial charge >= 0.3 is 6.03 Å². The fraction of sp³-hybridized carbons (Fsp3) is 0.400. The van der Waals surface area contributed by atoms with Crippen molar-refractivity contribution < 1.29 is 9.53 Å². The molecule has 0 spiro atoms. The number of hydrogen-bond acceptors (Lipinski definition) is 5. The third kappa shape index (κ3) is 3.73. The average Bonchev–Trinajstić information content (AvgIpc) is 3.16. The predicted octanol–water partition coefficient (Wildman–Crippen LogP) is 2.21. The van der Waals surface area contributed by atoms with Crippen LogP contribution in [0.5, 0.6) is 5.88 Å². The highest BCUT2D eigenvalue weighted by molar-refractivity contribution is 7.09. The Balaban J connectivity index is 1.48. The van der Waals surface area contributed by atoms with Crippen molar-refractivity contribution >= 4 is 17.4 Å². The summed E-state index contributed by atoms with van der Waals surface area (Å²) in [6, 6.07) is 5.69. The number of nitrogens with zero attached hydrogens (tertiary/aromatic N) is 3. The Bertz CT molecular complexity index is 632. The van der Waals surface area contributed by atoms with Crippen LogP contribution in [0.1, 0.15) is 17.1 Å². The summed E-state index contributed by atoms with van der Waals surface area (Å²) in [6.07, 6.45) is 2.48. The van der Waals surface area contributed by atoms with Crippen molar-refractivity contribution in [3.63, 3.8) is 0 Å². The smallest absolute Gasteiger partial charge is 0.317 e. The zero-order valence-electron chi connectivity index (χ0n) is 12.4. The maximum atomic E-state index is 12.1. The molecule has 2 amide bonds. The number of aryl methyl sites for hydroxylation is 1. The lowest BCUT2D eigenvalue weighted by atomic mass is 10.3. The number of ether oxygens (including phenoxy) is 1. The average molecular weight is 318 g/mol. The minimum atomic E-state index is -0.0432. The molecule has 1 N–H and O–H groups in total. The Morgan fingerprint density at radius 3 is 3.23 bits per heavy atom. The normalized spacial score (nSPS) is 17.5. The molecule has 6 nitrogen and oxygen atoms in total. The summed E-state index contributed by atoms with van der Waals surface area (Å²) in [6.45, 7) is 3.68. The number of nitrogens with one attached hydrogen (secondary N) is 1. The van der Waals surface area contributed by atoms with Crippen LogP contribution in [0.15, 0.2) is 29.8 Å². The number of carbonyl (C=O) groups excluding carboxylic acids is 1. The molecule has 0 aromatic carbocycles. The summed E-state index contributed by atoms with van der Waals surface area (Å²) in [5.74, 6) is 1.25. The molecule has 0 saturated carbocycles. The standard InChI is InChI=1S/C15H18N4O2S/c1-11-16-6-4-14(18-11)21-12-5-7-19(10-12)15(20)17-9-13-3-2-8-22-13/h2-4,6,8,12H,5,7,9-10H2,1H3,(H,17,20)/t12-/m0/s1. The molecule has 0 radical (unpaired) electrons. The Hall–Kier alpha value is -2.15. The van der Waals surface area contributed by atoms with E-state index in [2.05, 4.69) is 15.3 Å². The molecule has 0 aliphatic carbocycles. The highest BCUT2D eigenvalue weighted by Gasteiger charge is 2.27. The molecule has 1 saturated heterocycles. The second-order valence-electron chi connectivity index (χ2n) is 5.15.